The van der Waals surface area contributed by atoms with Gasteiger partial charge in [-0.05, 0) is 32.1 Å². The molecule has 2 unspecified atom stereocenters. The van der Waals surface area contributed by atoms with Gasteiger partial charge in [0, 0.05) is 5.41 Å². The van der Waals surface area contributed by atoms with E-state index in [0.717, 1.165) is 19.3 Å². The Kier molecular flexibility index (Phi) is 5.40. The van der Waals surface area contributed by atoms with Gasteiger partial charge >= 0.3 is 0 Å². The number of hydrogen-bond acceptors (Lipinski definition) is 0. The highest BCUT2D eigenvalue weighted by Crippen LogP contribution is 2.33. The standard InChI is InChI=1S/C18H26/c1-6-16(4)17-11-7-9-13-18(5,15(2)3)14-10-8-12-17/h6-7,9-10,12,14,16H,1-2,8,11,13H2,3-5H3. The fourth-order valence-electron chi connectivity index (χ4n) is 2.09. The second-order valence-corrected chi connectivity index (χ2v) is 5.52. The lowest BCUT2D eigenvalue weighted by Crippen LogP contribution is -2.13. The molecule has 0 saturated heterocycles. The molecule has 0 heteroatoms. The van der Waals surface area contributed by atoms with E-state index < -0.39 is 0 Å². The average molecular weight is 242 g/mol. The first-order valence-corrected chi connectivity index (χ1v) is 6.80. The van der Waals surface area contributed by atoms with E-state index >= 15 is 0 Å². The van der Waals surface area contributed by atoms with E-state index in [1.165, 1.54) is 11.1 Å². The molecule has 0 aliphatic heterocycles. The molecule has 0 N–H and O–H groups in total. The van der Waals surface area contributed by atoms with Crippen LogP contribution in [-0.2, 0) is 0 Å². The first kappa shape index (κ1) is 14.8. The smallest absolute Gasteiger partial charge is 0.00915 e. The Bertz CT molecular complexity index is 392. The summed E-state index contributed by atoms with van der Waals surface area (Å²) in [5.41, 5.74) is 2.80. The van der Waals surface area contributed by atoms with E-state index in [9.17, 15) is 0 Å². The molecule has 0 nitrogen and oxygen atoms in total. The van der Waals surface area contributed by atoms with E-state index in [4.69, 9.17) is 0 Å². The van der Waals surface area contributed by atoms with Crippen molar-refractivity contribution in [1.29, 1.82) is 0 Å². The minimum atomic E-state index is 0.103. The fourth-order valence-corrected chi connectivity index (χ4v) is 2.09. The highest BCUT2D eigenvalue weighted by atomic mass is 14.2. The molecular formula is C18H26. The van der Waals surface area contributed by atoms with Crippen LogP contribution in [0.5, 0.6) is 0 Å². The van der Waals surface area contributed by atoms with E-state index in [0.29, 0.717) is 5.92 Å². The molecule has 0 heterocycles. The molecule has 0 saturated carbocycles. The molecule has 1 aliphatic carbocycles. The molecule has 0 fully saturated rings. The van der Waals surface area contributed by atoms with Crippen molar-refractivity contribution < 1.29 is 0 Å². The Hall–Kier alpha value is -1.30. The Morgan fingerprint density at radius 3 is 2.72 bits per heavy atom. The zero-order valence-electron chi connectivity index (χ0n) is 12.1. The summed E-state index contributed by atoms with van der Waals surface area (Å²) < 4.78 is 0. The molecule has 2 atom stereocenters. The van der Waals surface area contributed by atoms with Crippen molar-refractivity contribution >= 4 is 0 Å². The molecule has 18 heavy (non-hydrogen) atoms. The van der Waals surface area contributed by atoms with Crippen LogP contribution in [0.25, 0.3) is 0 Å². The van der Waals surface area contributed by atoms with Crippen LogP contribution in [0.3, 0.4) is 0 Å². The first-order valence-electron chi connectivity index (χ1n) is 6.80. The SMILES string of the molecule is C=CC(C)C1=CCC=CC(C)(C(=C)C)CC=CC1. The topological polar surface area (TPSA) is 0 Å². The van der Waals surface area contributed by atoms with Gasteiger partial charge in [0.15, 0.2) is 0 Å². The monoisotopic (exact) mass is 242 g/mol. The summed E-state index contributed by atoms with van der Waals surface area (Å²) in [6, 6.07) is 0. The lowest BCUT2D eigenvalue weighted by Gasteiger charge is -2.25. The summed E-state index contributed by atoms with van der Waals surface area (Å²) in [6.07, 6.45) is 16.6. The van der Waals surface area contributed by atoms with Crippen LogP contribution < -0.4 is 0 Å². The fraction of sp³-hybridized carbons (Fsp3) is 0.444. The van der Waals surface area contributed by atoms with Gasteiger partial charge in [0.05, 0.1) is 0 Å². The molecule has 1 aliphatic rings. The van der Waals surface area contributed by atoms with Gasteiger partial charge in [-0.3, -0.25) is 0 Å². The quantitative estimate of drug-likeness (QED) is 0.564. The van der Waals surface area contributed by atoms with Gasteiger partial charge in [-0.2, -0.15) is 0 Å². The molecule has 1 rings (SSSR count). The molecular weight excluding hydrogens is 216 g/mol. The second-order valence-electron chi connectivity index (χ2n) is 5.52. The minimum absolute atomic E-state index is 0.103. The van der Waals surface area contributed by atoms with E-state index in [-0.39, 0.29) is 5.41 Å². The maximum absolute atomic E-state index is 4.12. The number of allylic oxidation sites excluding steroid dienone is 8. The van der Waals surface area contributed by atoms with Crippen LogP contribution in [0.15, 0.2) is 60.8 Å². The third kappa shape index (κ3) is 3.87. The van der Waals surface area contributed by atoms with Crippen molar-refractivity contribution in [2.75, 3.05) is 0 Å². The lowest BCUT2D eigenvalue weighted by molar-refractivity contribution is 0.522. The predicted octanol–water partition coefficient (Wildman–Crippen LogP) is 5.61. The van der Waals surface area contributed by atoms with E-state index in [1.54, 1.807) is 0 Å². The lowest BCUT2D eigenvalue weighted by atomic mass is 9.79. The third-order valence-corrected chi connectivity index (χ3v) is 3.98. The van der Waals surface area contributed by atoms with Gasteiger partial charge in [0.2, 0.25) is 0 Å². The van der Waals surface area contributed by atoms with Crippen LogP contribution in [0.2, 0.25) is 0 Å². The summed E-state index contributed by atoms with van der Waals surface area (Å²) in [6.45, 7) is 14.6. The highest BCUT2D eigenvalue weighted by molar-refractivity contribution is 5.22. The Morgan fingerprint density at radius 2 is 2.11 bits per heavy atom. The Balaban J connectivity index is 2.90. The van der Waals surface area contributed by atoms with Crippen LogP contribution in [0, 0.1) is 11.3 Å². The molecule has 0 aromatic carbocycles. The normalized spacial score (nSPS) is 26.3. The molecule has 0 bridgehead atoms. The summed E-state index contributed by atoms with van der Waals surface area (Å²) in [7, 11) is 0. The highest BCUT2D eigenvalue weighted by Gasteiger charge is 2.20. The third-order valence-electron chi connectivity index (χ3n) is 3.98. The molecule has 0 aromatic heterocycles. The van der Waals surface area contributed by atoms with Crippen molar-refractivity contribution in [3.8, 4) is 0 Å². The Morgan fingerprint density at radius 1 is 1.39 bits per heavy atom. The van der Waals surface area contributed by atoms with Crippen LogP contribution >= 0.6 is 0 Å². The van der Waals surface area contributed by atoms with E-state index in [1.807, 2.05) is 6.08 Å². The largest absolute Gasteiger partial charge is 0.102 e. The van der Waals surface area contributed by atoms with Gasteiger partial charge < -0.3 is 0 Å². The Labute approximate surface area is 112 Å². The summed E-state index contributed by atoms with van der Waals surface area (Å²) >= 11 is 0. The molecule has 0 spiro atoms. The van der Waals surface area contributed by atoms with Crippen LogP contribution in [0.1, 0.15) is 40.0 Å². The predicted molar refractivity (Wildman–Crippen MR) is 82.5 cm³/mol. The number of rotatable bonds is 3. The van der Waals surface area contributed by atoms with Crippen molar-refractivity contribution in [3.05, 3.63) is 60.8 Å². The molecule has 0 radical (unpaired) electrons. The summed E-state index contributed by atoms with van der Waals surface area (Å²) in [5, 5.41) is 0. The van der Waals surface area contributed by atoms with Crippen LogP contribution in [0.4, 0.5) is 0 Å². The zero-order valence-corrected chi connectivity index (χ0v) is 12.1. The van der Waals surface area contributed by atoms with E-state index in [2.05, 4.69) is 64.3 Å². The average Bonchev–Trinajstić information content (AvgIpc) is 2.36. The zero-order chi connectivity index (χ0) is 13.6. The van der Waals surface area contributed by atoms with Crippen molar-refractivity contribution in [1.82, 2.24) is 0 Å². The molecule has 98 valence electrons. The number of hydrogen-bond donors (Lipinski definition) is 0. The molecule has 0 aromatic rings. The van der Waals surface area contributed by atoms with Crippen molar-refractivity contribution in [2.45, 2.75) is 40.0 Å². The van der Waals surface area contributed by atoms with Gasteiger partial charge in [-0.1, -0.05) is 68.0 Å². The second kappa shape index (κ2) is 6.58. The molecule has 0 amide bonds. The summed E-state index contributed by atoms with van der Waals surface area (Å²) in [5.74, 6) is 0.468. The first-order chi connectivity index (χ1) is 8.49. The van der Waals surface area contributed by atoms with Gasteiger partial charge in [-0.25, -0.2) is 0 Å². The van der Waals surface area contributed by atoms with Crippen LogP contribution in [-0.4, -0.2) is 0 Å². The van der Waals surface area contributed by atoms with Gasteiger partial charge in [-0.15, -0.1) is 6.58 Å². The summed E-state index contributed by atoms with van der Waals surface area (Å²) in [4.78, 5) is 0. The van der Waals surface area contributed by atoms with Gasteiger partial charge in [0.1, 0.15) is 0 Å². The maximum Gasteiger partial charge on any atom is 0.00915 e. The van der Waals surface area contributed by atoms with Gasteiger partial charge in [0.25, 0.3) is 0 Å². The van der Waals surface area contributed by atoms with Crippen molar-refractivity contribution in [2.24, 2.45) is 11.3 Å². The van der Waals surface area contributed by atoms with Crippen molar-refractivity contribution in [3.63, 3.8) is 0 Å². The minimum Gasteiger partial charge on any atom is -0.102 e. The maximum atomic E-state index is 4.12.